The van der Waals surface area contributed by atoms with E-state index in [0.717, 1.165) is 30.2 Å². The Morgan fingerprint density at radius 2 is 1.89 bits per heavy atom. The van der Waals surface area contributed by atoms with E-state index in [1.807, 2.05) is 12.1 Å². The monoisotopic (exact) mass is 283 g/mol. The van der Waals surface area contributed by atoms with Gasteiger partial charge >= 0.3 is 0 Å². The third-order valence-corrected chi connectivity index (χ3v) is 3.38. The molecule has 0 aliphatic carbocycles. The summed E-state index contributed by atoms with van der Waals surface area (Å²) in [5.74, 6) is 0.620. The molecule has 4 heteroatoms. The van der Waals surface area contributed by atoms with Crippen LogP contribution in [0.3, 0.4) is 0 Å². The summed E-state index contributed by atoms with van der Waals surface area (Å²) in [5, 5.41) is 0.763. The highest BCUT2D eigenvalue weighted by molar-refractivity contribution is 6.31. The maximum atomic E-state index is 6.26. The molecule has 0 aromatic heterocycles. The van der Waals surface area contributed by atoms with Gasteiger partial charge in [-0.25, -0.2) is 0 Å². The lowest BCUT2D eigenvalue weighted by Crippen LogP contribution is -2.34. The topological polar surface area (TPSA) is 32.5 Å². The summed E-state index contributed by atoms with van der Waals surface area (Å²) >= 11 is 6.26. The lowest BCUT2D eigenvalue weighted by molar-refractivity contribution is 0.409. The summed E-state index contributed by atoms with van der Waals surface area (Å²) in [7, 11) is 4.19. The number of likely N-dealkylation sites (N-methyl/N-ethyl adjacent to an activating group) is 1. The second-order valence-electron chi connectivity index (χ2n) is 5.62. The van der Waals surface area contributed by atoms with E-state index in [1.54, 1.807) is 0 Å². The molecular formula is C15H26ClN3. The van der Waals surface area contributed by atoms with E-state index in [0.29, 0.717) is 12.5 Å². The average molecular weight is 284 g/mol. The molecule has 0 aliphatic rings. The molecule has 0 atom stereocenters. The molecule has 2 N–H and O–H groups in total. The molecule has 0 bridgehead atoms. The molecule has 3 nitrogen and oxygen atoms in total. The van der Waals surface area contributed by atoms with Crippen LogP contribution in [-0.2, 0) is 6.54 Å². The molecule has 0 aliphatic heterocycles. The molecule has 0 saturated carbocycles. The maximum Gasteiger partial charge on any atom is 0.0471 e. The van der Waals surface area contributed by atoms with Crippen molar-refractivity contribution in [3.05, 3.63) is 28.8 Å². The lowest BCUT2D eigenvalue weighted by Gasteiger charge is -2.28. The number of anilines is 1. The molecular weight excluding hydrogens is 258 g/mol. The highest BCUT2D eigenvalue weighted by Gasteiger charge is 2.10. The summed E-state index contributed by atoms with van der Waals surface area (Å²) in [6, 6.07) is 6.18. The Hall–Kier alpha value is -0.770. The van der Waals surface area contributed by atoms with Crippen LogP contribution in [0.1, 0.15) is 19.4 Å². The molecule has 0 fully saturated rings. The Morgan fingerprint density at radius 1 is 1.21 bits per heavy atom. The van der Waals surface area contributed by atoms with Gasteiger partial charge in [0, 0.05) is 36.9 Å². The van der Waals surface area contributed by atoms with E-state index >= 15 is 0 Å². The van der Waals surface area contributed by atoms with Crippen molar-refractivity contribution < 1.29 is 0 Å². The van der Waals surface area contributed by atoms with Crippen molar-refractivity contribution in [2.75, 3.05) is 38.6 Å². The molecule has 0 amide bonds. The second kappa shape index (κ2) is 7.73. The van der Waals surface area contributed by atoms with E-state index in [9.17, 15) is 0 Å². The summed E-state index contributed by atoms with van der Waals surface area (Å²) in [4.78, 5) is 4.58. The van der Waals surface area contributed by atoms with Gasteiger partial charge in [0.05, 0.1) is 0 Å². The van der Waals surface area contributed by atoms with Crippen LogP contribution >= 0.6 is 11.6 Å². The lowest BCUT2D eigenvalue weighted by atomic mass is 10.1. The molecule has 0 radical (unpaired) electrons. The molecule has 0 saturated heterocycles. The first kappa shape index (κ1) is 16.3. The highest BCUT2D eigenvalue weighted by atomic mass is 35.5. The van der Waals surface area contributed by atoms with Crippen LogP contribution in [0, 0.1) is 5.92 Å². The quantitative estimate of drug-likeness (QED) is 0.835. The van der Waals surface area contributed by atoms with Crippen LogP contribution in [0.4, 0.5) is 5.69 Å². The van der Waals surface area contributed by atoms with Crippen LogP contribution < -0.4 is 10.6 Å². The Morgan fingerprint density at radius 3 is 2.37 bits per heavy atom. The summed E-state index contributed by atoms with van der Waals surface area (Å²) < 4.78 is 0. The standard InChI is InChI=1S/C15H26ClN3/c1-12(2)11-19(8-7-18(3)4)14-6-5-13(10-17)15(16)9-14/h5-6,9,12H,7-8,10-11,17H2,1-4H3. The zero-order valence-electron chi connectivity index (χ0n) is 12.5. The molecule has 1 rings (SSSR count). The van der Waals surface area contributed by atoms with Crippen LogP contribution in [0.2, 0.25) is 5.02 Å². The van der Waals surface area contributed by atoms with Crippen LogP contribution in [0.5, 0.6) is 0 Å². The fraction of sp³-hybridized carbons (Fsp3) is 0.600. The van der Waals surface area contributed by atoms with Gasteiger partial charge in [-0.1, -0.05) is 31.5 Å². The van der Waals surface area contributed by atoms with Crippen molar-refractivity contribution in [3.63, 3.8) is 0 Å². The van der Waals surface area contributed by atoms with Gasteiger partial charge in [0.1, 0.15) is 0 Å². The smallest absolute Gasteiger partial charge is 0.0471 e. The molecule has 1 aromatic carbocycles. The average Bonchev–Trinajstić information content (AvgIpc) is 2.33. The maximum absolute atomic E-state index is 6.26. The third kappa shape index (κ3) is 5.39. The van der Waals surface area contributed by atoms with Crippen LogP contribution in [0.25, 0.3) is 0 Å². The van der Waals surface area contributed by atoms with E-state index in [-0.39, 0.29) is 0 Å². The first-order valence-corrected chi connectivity index (χ1v) is 7.20. The normalized spacial score (nSPS) is 11.4. The molecule has 1 aromatic rings. The number of rotatable bonds is 7. The fourth-order valence-electron chi connectivity index (χ4n) is 1.99. The van der Waals surface area contributed by atoms with Gasteiger partial charge in [0.2, 0.25) is 0 Å². The van der Waals surface area contributed by atoms with Gasteiger partial charge in [-0.3, -0.25) is 0 Å². The van der Waals surface area contributed by atoms with E-state index < -0.39 is 0 Å². The number of hydrogen-bond donors (Lipinski definition) is 1. The van der Waals surface area contributed by atoms with E-state index in [1.165, 1.54) is 5.69 Å². The summed E-state index contributed by atoms with van der Waals surface area (Å²) in [5.41, 5.74) is 7.83. The number of halogens is 1. The fourth-order valence-corrected chi connectivity index (χ4v) is 2.24. The Labute approximate surface area is 122 Å². The summed E-state index contributed by atoms with van der Waals surface area (Å²) in [6.07, 6.45) is 0. The van der Waals surface area contributed by atoms with Crippen LogP contribution in [-0.4, -0.2) is 38.6 Å². The number of nitrogens with zero attached hydrogens (tertiary/aromatic N) is 2. The van der Waals surface area contributed by atoms with Crippen molar-refractivity contribution >= 4 is 17.3 Å². The molecule has 0 heterocycles. The van der Waals surface area contributed by atoms with Crippen molar-refractivity contribution in [2.24, 2.45) is 11.7 Å². The zero-order valence-corrected chi connectivity index (χ0v) is 13.2. The Kier molecular flexibility index (Phi) is 6.63. The Balaban J connectivity index is 2.86. The summed E-state index contributed by atoms with van der Waals surface area (Å²) in [6.45, 7) is 8.02. The molecule has 0 unspecified atom stereocenters. The van der Waals surface area contributed by atoms with Crippen LogP contribution in [0.15, 0.2) is 18.2 Å². The number of benzene rings is 1. The van der Waals surface area contributed by atoms with Gasteiger partial charge in [-0.15, -0.1) is 0 Å². The largest absolute Gasteiger partial charge is 0.370 e. The Bertz CT molecular complexity index is 391. The minimum Gasteiger partial charge on any atom is -0.370 e. The molecule has 108 valence electrons. The van der Waals surface area contributed by atoms with Crippen molar-refractivity contribution in [3.8, 4) is 0 Å². The first-order valence-electron chi connectivity index (χ1n) is 6.82. The zero-order chi connectivity index (χ0) is 14.4. The molecule has 0 spiro atoms. The minimum absolute atomic E-state index is 0.487. The second-order valence-corrected chi connectivity index (χ2v) is 6.03. The van der Waals surface area contributed by atoms with Crippen molar-refractivity contribution in [1.29, 1.82) is 0 Å². The van der Waals surface area contributed by atoms with Gasteiger partial charge in [0.25, 0.3) is 0 Å². The molecule has 19 heavy (non-hydrogen) atoms. The predicted octanol–water partition coefficient (Wildman–Crippen LogP) is 2.82. The van der Waals surface area contributed by atoms with Crippen molar-refractivity contribution in [1.82, 2.24) is 4.90 Å². The predicted molar refractivity (Wildman–Crippen MR) is 84.9 cm³/mol. The van der Waals surface area contributed by atoms with Crippen molar-refractivity contribution in [2.45, 2.75) is 20.4 Å². The third-order valence-electron chi connectivity index (χ3n) is 3.02. The minimum atomic E-state index is 0.487. The van der Waals surface area contributed by atoms with E-state index in [2.05, 4.69) is 43.8 Å². The highest BCUT2D eigenvalue weighted by Crippen LogP contribution is 2.24. The van der Waals surface area contributed by atoms with Gasteiger partial charge in [0.15, 0.2) is 0 Å². The van der Waals surface area contributed by atoms with Gasteiger partial charge in [-0.2, -0.15) is 0 Å². The number of hydrogen-bond acceptors (Lipinski definition) is 3. The van der Waals surface area contributed by atoms with E-state index in [4.69, 9.17) is 17.3 Å². The SMILES string of the molecule is CC(C)CN(CCN(C)C)c1ccc(CN)c(Cl)c1. The van der Waals surface area contributed by atoms with Gasteiger partial charge < -0.3 is 15.5 Å². The first-order chi connectivity index (χ1) is 8.93. The number of nitrogens with two attached hydrogens (primary N) is 1. The van der Waals surface area contributed by atoms with Gasteiger partial charge in [-0.05, 0) is 37.7 Å².